The molecule has 0 aliphatic carbocycles. The maximum atomic E-state index is 11.6. The van der Waals surface area contributed by atoms with Gasteiger partial charge in [-0.05, 0) is 6.42 Å². The van der Waals surface area contributed by atoms with Crippen LogP contribution in [0.5, 0.6) is 0 Å². The molecule has 2 N–H and O–H groups in total. The molecular formula is C9H17N3OS. The predicted octanol–water partition coefficient (Wildman–Crippen LogP) is 0.406. The highest BCUT2D eigenvalue weighted by molar-refractivity contribution is 7.84. The van der Waals surface area contributed by atoms with Crippen molar-refractivity contribution in [3.05, 3.63) is 18.0 Å². The van der Waals surface area contributed by atoms with Crippen molar-refractivity contribution in [3.63, 3.8) is 0 Å². The lowest BCUT2D eigenvalue weighted by molar-refractivity contribution is 0.663. The van der Waals surface area contributed by atoms with E-state index in [1.54, 1.807) is 10.9 Å². The number of aromatic nitrogens is 2. The van der Waals surface area contributed by atoms with Gasteiger partial charge in [0, 0.05) is 41.4 Å². The summed E-state index contributed by atoms with van der Waals surface area (Å²) in [6.45, 7) is 2.01. The minimum atomic E-state index is -0.866. The van der Waals surface area contributed by atoms with Crippen molar-refractivity contribution in [2.45, 2.75) is 25.1 Å². The molecule has 0 spiro atoms. The molecule has 0 fully saturated rings. The van der Waals surface area contributed by atoms with Gasteiger partial charge >= 0.3 is 0 Å². The Balaban J connectivity index is 2.41. The zero-order valence-corrected chi connectivity index (χ0v) is 9.46. The zero-order valence-electron chi connectivity index (χ0n) is 8.64. The summed E-state index contributed by atoms with van der Waals surface area (Å²) >= 11 is 0. The summed E-state index contributed by atoms with van der Waals surface area (Å²) in [5, 5.41) is 4.02. The molecule has 0 radical (unpaired) electrons. The Bertz CT molecular complexity index is 311. The van der Waals surface area contributed by atoms with Crippen LogP contribution in [-0.4, -0.2) is 25.8 Å². The zero-order chi connectivity index (χ0) is 10.6. The molecule has 5 heteroatoms. The average molecular weight is 215 g/mol. The first-order valence-corrected chi connectivity index (χ1v) is 6.18. The van der Waals surface area contributed by atoms with Crippen molar-refractivity contribution in [1.29, 1.82) is 0 Å². The van der Waals surface area contributed by atoms with E-state index in [0.717, 1.165) is 12.0 Å². The summed E-state index contributed by atoms with van der Waals surface area (Å²) < 4.78 is 13.3. The van der Waals surface area contributed by atoms with E-state index < -0.39 is 10.8 Å². The van der Waals surface area contributed by atoms with Gasteiger partial charge < -0.3 is 5.73 Å². The van der Waals surface area contributed by atoms with Crippen molar-refractivity contribution >= 4 is 10.8 Å². The van der Waals surface area contributed by atoms with E-state index >= 15 is 0 Å². The summed E-state index contributed by atoms with van der Waals surface area (Å²) in [6.07, 6.45) is 4.50. The fourth-order valence-corrected chi connectivity index (χ4v) is 2.50. The SMILES string of the molecule is CCC(N)CS(=O)Cc1cnn(C)c1. The molecule has 0 saturated heterocycles. The van der Waals surface area contributed by atoms with E-state index in [4.69, 9.17) is 5.73 Å². The van der Waals surface area contributed by atoms with Crippen LogP contribution in [0.4, 0.5) is 0 Å². The molecule has 0 aromatic carbocycles. The Kier molecular flexibility index (Phi) is 4.28. The number of aryl methyl sites for hydroxylation is 1. The van der Waals surface area contributed by atoms with Crippen LogP contribution in [-0.2, 0) is 23.6 Å². The van der Waals surface area contributed by atoms with Crippen LogP contribution in [0.25, 0.3) is 0 Å². The topological polar surface area (TPSA) is 60.9 Å². The number of hydrogen-bond donors (Lipinski definition) is 1. The van der Waals surface area contributed by atoms with Gasteiger partial charge in [0.25, 0.3) is 0 Å². The van der Waals surface area contributed by atoms with E-state index in [9.17, 15) is 4.21 Å². The van der Waals surface area contributed by atoms with Crippen LogP contribution >= 0.6 is 0 Å². The van der Waals surface area contributed by atoms with Crippen molar-refractivity contribution in [3.8, 4) is 0 Å². The highest BCUT2D eigenvalue weighted by Gasteiger charge is 2.07. The number of rotatable bonds is 5. The third kappa shape index (κ3) is 3.59. The van der Waals surface area contributed by atoms with E-state index in [-0.39, 0.29) is 6.04 Å². The van der Waals surface area contributed by atoms with Crippen molar-refractivity contribution in [2.75, 3.05) is 5.75 Å². The van der Waals surface area contributed by atoms with E-state index in [1.807, 2.05) is 20.2 Å². The number of nitrogens with zero attached hydrogens (tertiary/aromatic N) is 2. The minimum absolute atomic E-state index is 0.0486. The number of hydrogen-bond acceptors (Lipinski definition) is 3. The van der Waals surface area contributed by atoms with Crippen molar-refractivity contribution in [1.82, 2.24) is 9.78 Å². The number of nitrogens with two attached hydrogens (primary N) is 1. The molecule has 1 rings (SSSR count). The summed E-state index contributed by atoms with van der Waals surface area (Å²) in [7, 11) is 0.985. The molecule has 4 nitrogen and oxygen atoms in total. The lowest BCUT2D eigenvalue weighted by Gasteiger charge is -2.06. The van der Waals surface area contributed by atoms with Crippen LogP contribution in [0.15, 0.2) is 12.4 Å². The molecule has 1 aromatic heterocycles. The van der Waals surface area contributed by atoms with Gasteiger partial charge in [-0.15, -0.1) is 0 Å². The maximum absolute atomic E-state index is 11.6. The largest absolute Gasteiger partial charge is 0.327 e. The molecule has 0 saturated carbocycles. The first kappa shape index (κ1) is 11.4. The molecule has 0 amide bonds. The summed E-state index contributed by atoms with van der Waals surface area (Å²) in [6, 6.07) is 0.0486. The van der Waals surface area contributed by atoms with Crippen molar-refractivity contribution in [2.24, 2.45) is 12.8 Å². The van der Waals surface area contributed by atoms with Crippen molar-refractivity contribution < 1.29 is 4.21 Å². The molecule has 2 unspecified atom stereocenters. The molecule has 80 valence electrons. The van der Waals surface area contributed by atoms with Gasteiger partial charge in [-0.25, -0.2) is 0 Å². The maximum Gasteiger partial charge on any atom is 0.0531 e. The molecule has 1 heterocycles. The lowest BCUT2D eigenvalue weighted by Crippen LogP contribution is -2.26. The van der Waals surface area contributed by atoms with Gasteiger partial charge in [-0.3, -0.25) is 8.89 Å². The van der Waals surface area contributed by atoms with Gasteiger partial charge in [0.05, 0.1) is 11.9 Å². The van der Waals surface area contributed by atoms with E-state index in [0.29, 0.717) is 11.5 Å². The first-order valence-electron chi connectivity index (χ1n) is 4.70. The smallest absolute Gasteiger partial charge is 0.0531 e. The highest BCUT2D eigenvalue weighted by atomic mass is 32.2. The third-order valence-corrected chi connectivity index (χ3v) is 3.47. The Morgan fingerprint density at radius 2 is 2.43 bits per heavy atom. The van der Waals surface area contributed by atoms with Crippen LogP contribution < -0.4 is 5.73 Å². The standard InChI is InChI=1S/C9H17N3OS/c1-3-9(10)7-14(13)6-8-4-11-12(2)5-8/h4-5,9H,3,6-7,10H2,1-2H3. The predicted molar refractivity (Wildman–Crippen MR) is 58.2 cm³/mol. The Morgan fingerprint density at radius 1 is 1.71 bits per heavy atom. The molecule has 0 bridgehead atoms. The average Bonchev–Trinajstić information content (AvgIpc) is 2.50. The van der Waals surface area contributed by atoms with Gasteiger partial charge in [0.15, 0.2) is 0 Å². The molecule has 1 aromatic rings. The molecule has 2 atom stereocenters. The van der Waals surface area contributed by atoms with Crippen LogP contribution in [0.1, 0.15) is 18.9 Å². The second-order valence-electron chi connectivity index (χ2n) is 3.44. The van der Waals surface area contributed by atoms with Crippen LogP contribution in [0, 0.1) is 0 Å². The third-order valence-electron chi connectivity index (χ3n) is 2.01. The summed E-state index contributed by atoms with van der Waals surface area (Å²) in [5.41, 5.74) is 6.73. The van der Waals surface area contributed by atoms with Gasteiger partial charge in [0.2, 0.25) is 0 Å². The van der Waals surface area contributed by atoms with Gasteiger partial charge in [-0.1, -0.05) is 6.92 Å². The fraction of sp³-hybridized carbons (Fsp3) is 0.667. The van der Waals surface area contributed by atoms with Gasteiger partial charge in [-0.2, -0.15) is 5.10 Å². The summed E-state index contributed by atoms with van der Waals surface area (Å²) in [5.74, 6) is 1.13. The summed E-state index contributed by atoms with van der Waals surface area (Å²) in [4.78, 5) is 0. The second-order valence-corrected chi connectivity index (χ2v) is 4.94. The Hall–Kier alpha value is -0.680. The first-order chi connectivity index (χ1) is 6.61. The quantitative estimate of drug-likeness (QED) is 0.773. The molecule has 0 aliphatic rings. The van der Waals surface area contributed by atoms with Crippen LogP contribution in [0.2, 0.25) is 0 Å². The highest BCUT2D eigenvalue weighted by Crippen LogP contribution is 2.03. The van der Waals surface area contributed by atoms with E-state index in [1.165, 1.54) is 0 Å². The fourth-order valence-electron chi connectivity index (χ4n) is 1.15. The Morgan fingerprint density at radius 3 is 2.93 bits per heavy atom. The second kappa shape index (κ2) is 5.26. The minimum Gasteiger partial charge on any atom is -0.327 e. The molecular weight excluding hydrogens is 198 g/mol. The van der Waals surface area contributed by atoms with E-state index in [2.05, 4.69) is 5.10 Å². The molecule has 14 heavy (non-hydrogen) atoms. The Labute approximate surface area is 86.9 Å². The lowest BCUT2D eigenvalue weighted by atomic mass is 10.3. The van der Waals surface area contributed by atoms with Gasteiger partial charge in [0.1, 0.15) is 0 Å². The monoisotopic (exact) mass is 215 g/mol. The normalized spacial score (nSPS) is 15.4. The van der Waals surface area contributed by atoms with Crippen LogP contribution in [0.3, 0.4) is 0 Å². The molecule has 0 aliphatic heterocycles.